The number of aromatic nitrogens is 1. The van der Waals surface area contributed by atoms with Gasteiger partial charge in [-0.15, -0.1) is 0 Å². The molecule has 1 aromatic heterocycles. The van der Waals surface area contributed by atoms with Crippen molar-refractivity contribution in [3.8, 4) is 0 Å². The molecular weight excluding hydrogens is 232 g/mol. The van der Waals surface area contributed by atoms with Crippen molar-refractivity contribution in [2.24, 2.45) is 0 Å². The normalized spacial score (nSPS) is 14.5. The van der Waals surface area contributed by atoms with E-state index >= 15 is 0 Å². The summed E-state index contributed by atoms with van der Waals surface area (Å²) in [7, 11) is 0. The van der Waals surface area contributed by atoms with E-state index in [1.165, 1.54) is 11.1 Å². The second kappa shape index (κ2) is 4.38. The molecule has 2 nitrogen and oxygen atoms in total. The Kier molecular flexibility index (Phi) is 2.73. The molecule has 2 aromatic rings. The molecule has 0 N–H and O–H groups in total. The van der Waals surface area contributed by atoms with Gasteiger partial charge in [0.15, 0.2) is 0 Å². The van der Waals surface area contributed by atoms with Crippen LogP contribution in [-0.4, -0.2) is 11.5 Å². The van der Waals surface area contributed by atoms with Crippen molar-refractivity contribution in [1.29, 1.82) is 0 Å². The van der Waals surface area contributed by atoms with E-state index in [2.05, 4.69) is 34.1 Å². The molecular formula is C14H13ClN2. The molecule has 0 spiro atoms. The molecule has 0 radical (unpaired) electrons. The zero-order valence-electron chi connectivity index (χ0n) is 9.44. The Balaban J connectivity index is 1.89. The van der Waals surface area contributed by atoms with E-state index in [9.17, 15) is 0 Å². The number of rotatable bonds is 1. The maximum absolute atomic E-state index is 5.93. The first-order valence-corrected chi connectivity index (χ1v) is 6.15. The van der Waals surface area contributed by atoms with Gasteiger partial charge in [0.2, 0.25) is 0 Å². The van der Waals surface area contributed by atoms with Crippen LogP contribution < -0.4 is 4.90 Å². The van der Waals surface area contributed by atoms with Gasteiger partial charge in [0.1, 0.15) is 11.0 Å². The van der Waals surface area contributed by atoms with Gasteiger partial charge in [-0.3, -0.25) is 0 Å². The van der Waals surface area contributed by atoms with Gasteiger partial charge in [0, 0.05) is 13.1 Å². The lowest BCUT2D eigenvalue weighted by molar-refractivity contribution is 0.721. The Morgan fingerprint density at radius 2 is 1.82 bits per heavy atom. The van der Waals surface area contributed by atoms with Crippen molar-refractivity contribution in [1.82, 2.24) is 4.98 Å². The van der Waals surface area contributed by atoms with E-state index in [1.54, 1.807) is 0 Å². The third-order valence-corrected chi connectivity index (χ3v) is 3.37. The number of anilines is 1. The van der Waals surface area contributed by atoms with E-state index < -0.39 is 0 Å². The van der Waals surface area contributed by atoms with Crippen molar-refractivity contribution >= 4 is 17.4 Å². The quantitative estimate of drug-likeness (QED) is 0.716. The van der Waals surface area contributed by atoms with E-state index in [1.807, 2.05) is 18.2 Å². The topological polar surface area (TPSA) is 16.1 Å². The van der Waals surface area contributed by atoms with Crippen LogP contribution in [-0.2, 0) is 13.0 Å². The van der Waals surface area contributed by atoms with Gasteiger partial charge in [0.25, 0.3) is 0 Å². The van der Waals surface area contributed by atoms with E-state index in [4.69, 9.17) is 11.6 Å². The summed E-state index contributed by atoms with van der Waals surface area (Å²) < 4.78 is 0. The van der Waals surface area contributed by atoms with Crippen molar-refractivity contribution in [3.05, 3.63) is 58.7 Å². The second-order valence-corrected chi connectivity index (χ2v) is 4.65. The first-order valence-electron chi connectivity index (χ1n) is 5.77. The van der Waals surface area contributed by atoms with Crippen LogP contribution in [0.15, 0.2) is 42.5 Å². The van der Waals surface area contributed by atoms with Gasteiger partial charge in [-0.2, -0.15) is 0 Å². The zero-order chi connectivity index (χ0) is 11.7. The third kappa shape index (κ3) is 2.13. The number of hydrogen-bond acceptors (Lipinski definition) is 2. The highest BCUT2D eigenvalue weighted by Crippen LogP contribution is 2.23. The molecule has 2 heterocycles. The number of halogens is 1. The summed E-state index contributed by atoms with van der Waals surface area (Å²) in [6.45, 7) is 1.92. The van der Waals surface area contributed by atoms with Crippen LogP contribution in [0, 0.1) is 0 Å². The Morgan fingerprint density at radius 1 is 1.00 bits per heavy atom. The van der Waals surface area contributed by atoms with Crippen LogP contribution in [0.4, 0.5) is 5.82 Å². The summed E-state index contributed by atoms with van der Waals surface area (Å²) in [5.41, 5.74) is 2.84. The summed E-state index contributed by atoms with van der Waals surface area (Å²) in [4.78, 5) is 6.63. The second-order valence-electron chi connectivity index (χ2n) is 4.26. The molecule has 0 bridgehead atoms. The van der Waals surface area contributed by atoms with Crippen LogP contribution in [0.5, 0.6) is 0 Å². The van der Waals surface area contributed by atoms with Crippen LogP contribution >= 0.6 is 11.6 Å². The van der Waals surface area contributed by atoms with E-state index in [0.29, 0.717) is 5.15 Å². The molecule has 0 unspecified atom stereocenters. The highest BCUT2D eigenvalue weighted by molar-refractivity contribution is 6.29. The Labute approximate surface area is 106 Å². The lowest BCUT2D eigenvalue weighted by Gasteiger charge is -2.29. The number of fused-ring (bicyclic) bond motifs is 1. The number of hydrogen-bond donors (Lipinski definition) is 0. The Morgan fingerprint density at radius 3 is 2.65 bits per heavy atom. The van der Waals surface area contributed by atoms with Gasteiger partial charge >= 0.3 is 0 Å². The summed E-state index contributed by atoms with van der Waals surface area (Å²) in [5.74, 6) is 0.965. The maximum Gasteiger partial charge on any atom is 0.131 e. The molecule has 3 rings (SSSR count). The fourth-order valence-corrected chi connectivity index (χ4v) is 2.42. The lowest BCUT2D eigenvalue weighted by atomic mass is 10.00. The minimum absolute atomic E-state index is 0.557. The first-order chi connectivity index (χ1) is 8.33. The average Bonchev–Trinajstić information content (AvgIpc) is 2.38. The minimum Gasteiger partial charge on any atom is -0.352 e. The molecule has 0 fully saturated rings. The van der Waals surface area contributed by atoms with Crippen molar-refractivity contribution < 1.29 is 0 Å². The van der Waals surface area contributed by atoms with Gasteiger partial charge in [-0.1, -0.05) is 41.9 Å². The molecule has 3 heteroatoms. The van der Waals surface area contributed by atoms with E-state index in [-0.39, 0.29) is 0 Å². The predicted octanol–water partition coefficient (Wildman–Crippen LogP) is 3.30. The fraction of sp³-hybridized carbons (Fsp3) is 0.214. The third-order valence-electron chi connectivity index (χ3n) is 3.16. The molecule has 17 heavy (non-hydrogen) atoms. The molecule has 0 amide bonds. The minimum atomic E-state index is 0.557. The molecule has 0 saturated carbocycles. The van der Waals surface area contributed by atoms with Gasteiger partial charge < -0.3 is 4.90 Å². The van der Waals surface area contributed by atoms with Crippen LogP contribution in [0.3, 0.4) is 0 Å². The predicted molar refractivity (Wildman–Crippen MR) is 70.4 cm³/mol. The van der Waals surface area contributed by atoms with Gasteiger partial charge in [-0.25, -0.2) is 4.98 Å². The molecule has 1 aliphatic heterocycles. The fourth-order valence-electron chi connectivity index (χ4n) is 2.26. The zero-order valence-corrected chi connectivity index (χ0v) is 10.2. The molecule has 0 atom stereocenters. The highest BCUT2D eigenvalue weighted by Gasteiger charge is 2.16. The van der Waals surface area contributed by atoms with Crippen molar-refractivity contribution in [3.63, 3.8) is 0 Å². The first kappa shape index (κ1) is 10.6. The monoisotopic (exact) mass is 244 g/mol. The largest absolute Gasteiger partial charge is 0.352 e. The standard InChI is InChI=1S/C14H13ClN2/c15-13-6-3-7-14(16-13)17-9-8-11-4-1-2-5-12(11)10-17/h1-7H,8-10H2. The lowest BCUT2D eigenvalue weighted by Crippen LogP contribution is -2.30. The summed E-state index contributed by atoms with van der Waals surface area (Å²) in [6, 6.07) is 14.4. The van der Waals surface area contributed by atoms with Crippen molar-refractivity contribution in [2.75, 3.05) is 11.4 Å². The smallest absolute Gasteiger partial charge is 0.131 e. The maximum atomic E-state index is 5.93. The summed E-state index contributed by atoms with van der Waals surface area (Å²) >= 11 is 5.93. The Bertz CT molecular complexity index is 539. The molecule has 1 aliphatic rings. The number of pyridine rings is 1. The number of nitrogens with zero attached hydrogens (tertiary/aromatic N) is 2. The SMILES string of the molecule is Clc1cccc(N2CCc3ccccc3C2)n1. The molecule has 0 aliphatic carbocycles. The van der Waals surface area contributed by atoms with Crippen LogP contribution in [0.2, 0.25) is 5.15 Å². The highest BCUT2D eigenvalue weighted by atomic mass is 35.5. The molecule has 0 saturated heterocycles. The van der Waals surface area contributed by atoms with Gasteiger partial charge in [-0.05, 0) is 29.7 Å². The Hall–Kier alpha value is -1.54. The number of benzene rings is 1. The molecule has 86 valence electrons. The van der Waals surface area contributed by atoms with Crippen LogP contribution in [0.1, 0.15) is 11.1 Å². The van der Waals surface area contributed by atoms with Crippen LogP contribution in [0.25, 0.3) is 0 Å². The van der Waals surface area contributed by atoms with Crippen molar-refractivity contribution in [2.45, 2.75) is 13.0 Å². The summed E-state index contributed by atoms with van der Waals surface area (Å²) in [6.07, 6.45) is 1.07. The van der Waals surface area contributed by atoms with Gasteiger partial charge in [0.05, 0.1) is 0 Å². The summed E-state index contributed by atoms with van der Waals surface area (Å²) in [5, 5.41) is 0.557. The van der Waals surface area contributed by atoms with E-state index in [0.717, 1.165) is 25.3 Å². The molecule has 1 aromatic carbocycles. The average molecular weight is 245 g/mol.